The molecule has 1 rings (SSSR count). The number of carboxylic acids is 1. The number of carbonyl (C=O) groups excluding carboxylic acids is 1. The van der Waals surface area contributed by atoms with Crippen molar-refractivity contribution in [1.29, 1.82) is 0 Å². The smallest absolute Gasteiger partial charge is 0.377 e. The van der Waals surface area contributed by atoms with E-state index in [9.17, 15) is 9.59 Å². The van der Waals surface area contributed by atoms with E-state index in [-0.39, 0.29) is 5.92 Å². The molecule has 0 saturated heterocycles. The molecule has 16 heavy (non-hydrogen) atoms. The van der Waals surface area contributed by atoms with Gasteiger partial charge in [-0.05, 0) is 29.5 Å². The predicted molar refractivity (Wildman–Crippen MR) is 61.9 cm³/mol. The predicted octanol–water partition coefficient (Wildman–Crippen LogP) is 2.64. The van der Waals surface area contributed by atoms with Crippen LogP contribution in [0.3, 0.4) is 0 Å². The number of aliphatic carboxylic acids is 1. The second-order valence-corrected chi connectivity index (χ2v) is 4.06. The number of carbonyl (C=O) groups is 2. The summed E-state index contributed by atoms with van der Waals surface area (Å²) in [4.78, 5) is 22.2. The maximum atomic E-state index is 11.5. The second kappa shape index (κ2) is 4.92. The van der Waals surface area contributed by atoms with Crippen molar-refractivity contribution in [2.75, 3.05) is 0 Å². The Morgan fingerprint density at radius 2 is 1.94 bits per heavy atom. The van der Waals surface area contributed by atoms with Crippen LogP contribution in [-0.4, -0.2) is 16.9 Å². The van der Waals surface area contributed by atoms with Crippen LogP contribution in [-0.2, 0) is 11.2 Å². The van der Waals surface area contributed by atoms with Crippen molar-refractivity contribution in [3.63, 3.8) is 0 Å². The highest BCUT2D eigenvalue weighted by molar-refractivity contribution is 6.40. The minimum Gasteiger partial charge on any atom is -0.475 e. The molecule has 0 unspecified atom stereocenters. The minimum atomic E-state index is -1.39. The van der Waals surface area contributed by atoms with Crippen molar-refractivity contribution >= 4 is 11.8 Å². The molecule has 0 aliphatic rings. The molecule has 3 heteroatoms. The summed E-state index contributed by atoms with van der Waals surface area (Å²) < 4.78 is 0. The summed E-state index contributed by atoms with van der Waals surface area (Å²) >= 11 is 0. The van der Waals surface area contributed by atoms with E-state index in [2.05, 4.69) is 0 Å². The van der Waals surface area contributed by atoms with Crippen molar-refractivity contribution in [2.45, 2.75) is 33.1 Å². The van der Waals surface area contributed by atoms with Crippen LogP contribution in [0.2, 0.25) is 0 Å². The number of hydrogen-bond donors (Lipinski definition) is 1. The minimum absolute atomic E-state index is 0.284. The lowest BCUT2D eigenvalue weighted by Gasteiger charge is -2.10. The van der Waals surface area contributed by atoms with Crippen molar-refractivity contribution in [2.24, 2.45) is 0 Å². The Morgan fingerprint density at radius 1 is 1.31 bits per heavy atom. The van der Waals surface area contributed by atoms with Crippen LogP contribution in [0.1, 0.15) is 48.2 Å². The van der Waals surface area contributed by atoms with Gasteiger partial charge in [0.05, 0.1) is 0 Å². The van der Waals surface area contributed by atoms with Gasteiger partial charge in [-0.15, -0.1) is 0 Å². The fraction of sp³-hybridized carbons (Fsp3) is 0.385. The molecular weight excluding hydrogens is 204 g/mol. The van der Waals surface area contributed by atoms with Gasteiger partial charge in [0.15, 0.2) is 0 Å². The summed E-state index contributed by atoms with van der Waals surface area (Å²) in [6, 6.07) is 5.48. The van der Waals surface area contributed by atoms with Gasteiger partial charge >= 0.3 is 5.97 Å². The Bertz CT molecular complexity index is 419. The van der Waals surface area contributed by atoms with Crippen LogP contribution in [0, 0.1) is 0 Å². The molecule has 0 amide bonds. The van der Waals surface area contributed by atoms with Gasteiger partial charge in [0, 0.05) is 5.56 Å². The second-order valence-electron chi connectivity index (χ2n) is 4.06. The first-order valence-electron chi connectivity index (χ1n) is 5.37. The molecule has 0 spiro atoms. The molecule has 0 aromatic heterocycles. The van der Waals surface area contributed by atoms with E-state index < -0.39 is 11.8 Å². The van der Waals surface area contributed by atoms with Gasteiger partial charge in [0.1, 0.15) is 0 Å². The molecule has 0 heterocycles. The zero-order valence-electron chi connectivity index (χ0n) is 9.78. The van der Waals surface area contributed by atoms with Crippen LogP contribution >= 0.6 is 0 Å². The van der Waals surface area contributed by atoms with E-state index in [1.807, 2.05) is 32.9 Å². The largest absolute Gasteiger partial charge is 0.475 e. The van der Waals surface area contributed by atoms with Crippen molar-refractivity contribution in [3.8, 4) is 0 Å². The van der Waals surface area contributed by atoms with E-state index in [4.69, 9.17) is 5.11 Å². The number of benzene rings is 1. The fourth-order valence-corrected chi connectivity index (χ4v) is 1.59. The monoisotopic (exact) mass is 220 g/mol. The SMILES string of the molecule is CCc1ccc(C(C)C)cc1C(=O)C(=O)O. The maximum absolute atomic E-state index is 11.5. The molecule has 0 aliphatic heterocycles. The molecule has 1 aromatic carbocycles. The van der Waals surface area contributed by atoms with Crippen LogP contribution in [0.5, 0.6) is 0 Å². The van der Waals surface area contributed by atoms with E-state index in [0.29, 0.717) is 12.0 Å². The Balaban J connectivity index is 3.27. The van der Waals surface area contributed by atoms with Gasteiger partial charge in [-0.1, -0.05) is 32.9 Å². The summed E-state index contributed by atoms with van der Waals surface area (Å²) in [7, 11) is 0. The molecule has 0 radical (unpaired) electrons. The third-order valence-corrected chi connectivity index (χ3v) is 2.62. The number of rotatable bonds is 4. The fourth-order valence-electron chi connectivity index (χ4n) is 1.59. The highest BCUT2D eigenvalue weighted by Crippen LogP contribution is 2.20. The Morgan fingerprint density at radius 3 is 2.38 bits per heavy atom. The summed E-state index contributed by atoms with van der Waals surface area (Å²) in [5.74, 6) is -1.93. The van der Waals surface area contributed by atoms with Gasteiger partial charge in [0.2, 0.25) is 0 Å². The van der Waals surface area contributed by atoms with E-state index in [1.165, 1.54) is 0 Å². The molecule has 0 bridgehead atoms. The molecule has 86 valence electrons. The first-order valence-corrected chi connectivity index (χ1v) is 5.37. The average molecular weight is 220 g/mol. The van der Waals surface area contributed by atoms with Crippen molar-refractivity contribution < 1.29 is 14.7 Å². The molecule has 1 aromatic rings. The topological polar surface area (TPSA) is 54.4 Å². The summed E-state index contributed by atoms with van der Waals surface area (Å²) in [5, 5.41) is 8.74. The lowest BCUT2D eigenvalue weighted by molar-refractivity contribution is -0.131. The quantitative estimate of drug-likeness (QED) is 0.627. The average Bonchev–Trinajstić information content (AvgIpc) is 2.26. The number of aryl methyl sites for hydroxylation is 1. The molecular formula is C13H16O3. The molecule has 3 nitrogen and oxygen atoms in total. The zero-order valence-corrected chi connectivity index (χ0v) is 9.78. The number of hydrogen-bond acceptors (Lipinski definition) is 2. The van der Waals surface area contributed by atoms with E-state index in [1.54, 1.807) is 6.07 Å². The highest BCUT2D eigenvalue weighted by atomic mass is 16.4. The summed E-state index contributed by atoms with van der Waals surface area (Å²) in [6.07, 6.45) is 0.659. The summed E-state index contributed by atoms with van der Waals surface area (Å²) in [6.45, 7) is 5.93. The molecule has 1 N–H and O–H groups in total. The van der Waals surface area contributed by atoms with Crippen molar-refractivity contribution in [3.05, 3.63) is 34.9 Å². The van der Waals surface area contributed by atoms with Crippen LogP contribution in [0.25, 0.3) is 0 Å². The van der Waals surface area contributed by atoms with Gasteiger partial charge in [0.25, 0.3) is 5.78 Å². The third kappa shape index (κ3) is 2.48. The third-order valence-electron chi connectivity index (χ3n) is 2.62. The van der Waals surface area contributed by atoms with Crippen molar-refractivity contribution in [1.82, 2.24) is 0 Å². The van der Waals surface area contributed by atoms with Gasteiger partial charge < -0.3 is 5.11 Å². The highest BCUT2D eigenvalue weighted by Gasteiger charge is 2.18. The Hall–Kier alpha value is -1.64. The summed E-state index contributed by atoms with van der Waals surface area (Å²) in [5.41, 5.74) is 2.10. The van der Waals surface area contributed by atoms with Crippen LogP contribution in [0.15, 0.2) is 18.2 Å². The van der Waals surface area contributed by atoms with Gasteiger partial charge in [-0.2, -0.15) is 0 Å². The van der Waals surface area contributed by atoms with Gasteiger partial charge in [-0.25, -0.2) is 4.79 Å². The zero-order chi connectivity index (χ0) is 12.3. The molecule has 0 saturated carbocycles. The number of ketones is 1. The molecule has 0 atom stereocenters. The number of carboxylic acid groups (broad SMARTS) is 1. The Labute approximate surface area is 95.1 Å². The Kier molecular flexibility index (Phi) is 3.82. The molecule has 0 aliphatic carbocycles. The normalized spacial score (nSPS) is 10.5. The standard InChI is InChI=1S/C13H16O3/c1-4-9-5-6-10(8(2)3)7-11(9)12(14)13(15)16/h5-8H,4H2,1-3H3,(H,15,16). The number of Topliss-reactive ketones (excluding diaryl/α,β-unsaturated/α-hetero) is 1. The van der Waals surface area contributed by atoms with E-state index >= 15 is 0 Å². The van der Waals surface area contributed by atoms with Crippen LogP contribution in [0.4, 0.5) is 0 Å². The van der Waals surface area contributed by atoms with Crippen LogP contribution < -0.4 is 0 Å². The maximum Gasteiger partial charge on any atom is 0.377 e. The lowest BCUT2D eigenvalue weighted by atomic mass is 9.94. The molecule has 0 fully saturated rings. The lowest BCUT2D eigenvalue weighted by Crippen LogP contribution is -2.15. The first-order chi connectivity index (χ1) is 7.47. The van der Waals surface area contributed by atoms with Gasteiger partial charge in [-0.3, -0.25) is 4.79 Å². The van der Waals surface area contributed by atoms with E-state index in [0.717, 1.165) is 11.1 Å². The first kappa shape index (κ1) is 12.4.